The molecule has 4 nitrogen and oxygen atoms in total. The number of allylic oxidation sites excluding steroid dienone is 1. The number of rotatable bonds is 5. The van der Waals surface area contributed by atoms with Gasteiger partial charge in [-0.2, -0.15) is 0 Å². The summed E-state index contributed by atoms with van der Waals surface area (Å²) in [5.74, 6) is -0.601. The molecule has 0 aromatic heterocycles. The first-order chi connectivity index (χ1) is 13.6. The Morgan fingerprint density at radius 1 is 1.14 bits per heavy atom. The fourth-order valence-corrected chi connectivity index (χ4v) is 4.23. The van der Waals surface area contributed by atoms with Gasteiger partial charge >= 0.3 is 11.9 Å². The number of esters is 2. The van der Waals surface area contributed by atoms with Crippen LogP contribution in [0.1, 0.15) is 42.4 Å². The lowest BCUT2D eigenvalue weighted by Gasteiger charge is -2.31. The molecule has 4 rings (SSSR count). The standard InChI is InChI=1S/C24H24O4/c1-17-10-12-19(13-11-17)24-14-6-5-9-20(24)21(28-23(24)26)15-22(25)27-16-18-7-3-2-4-8-18/h2-4,7-13,21H,5-6,14-16H2,1H3/t21?,24-/m1/s1. The van der Waals surface area contributed by atoms with Crippen LogP contribution in [0.15, 0.2) is 66.2 Å². The van der Waals surface area contributed by atoms with E-state index in [0.717, 1.165) is 41.5 Å². The molecular formula is C24H24O4. The van der Waals surface area contributed by atoms with Gasteiger partial charge in [0.15, 0.2) is 0 Å². The molecule has 2 atom stereocenters. The summed E-state index contributed by atoms with van der Waals surface area (Å²) in [6, 6.07) is 17.6. The first kappa shape index (κ1) is 18.5. The molecule has 4 heteroatoms. The average molecular weight is 376 g/mol. The van der Waals surface area contributed by atoms with Gasteiger partial charge in [0.1, 0.15) is 18.1 Å². The van der Waals surface area contributed by atoms with E-state index in [-0.39, 0.29) is 25.0 Å². The highest BCUT2D eigenvalue weighted by atomic mass is 16.6. The molecule has 0 amide bonds. The molecule has 1 aliphatic carbocycles. The smallest absolute Gasteiger partial charge is 0.321 e. The second-order valence-electron chi connectivity index (χ2n) is 7.57. The number of hydrogen-bond donors (Lipinski definition) is 0. The van der Waals surface area contributed by atoms with E-state index in [1.165, 1.54) is 0 Å². The van der Waals surface area contributed by atoms with E-state index in [9.17, 15) is 9.59 Å². The van der Waals surface area contributed by atoms with Gasteiger partial charge in [0.25, 0.3) is 0 Å². The molecule has 2 aromatic rings. The Balaban J connectivity index is 1.51. The maximum atomic E-state index is 13.0. The quantitative estimate of drug-likeness (QED) is 0.573. The fraction of sp³-hybridized carbons (Fsp3) is 0.333. The van der Waals surface area contributed by atoms with Crippen molar-refractivity contribution in [1.29, 1.82) is 0 Å². The van der Waals surface area contributed by atoms with Crippen molar-refractivity contribution in [2.45, 2.75) is 50.7 Å². The summed E-state index contributed by atoms with van der Waals surface area (Å²) >= 11 is 0. The second-order valence-corrected chi connectivity index (χ2v) is 7.57. The zero-order valence-electron chi connectivity index (χ0n) is 16.0. The molecule has 144 valence electrons. The van der Waals surface area contributed by atoms with Crippen molar-refractivity contribution < 1.29 is 19.1 Å². The van der Waals surface area contributed by atoms with Crippen LogP contribution in [-0.2, 0) is 31.1 Å². The largest absolute Gasteiger partial charge is 0.461 e. The maximum absolute atomic E-state index is 13.0. The van der Waals surface area contributed by atoms with E-state index < -0.39 is 11.5 Å². The van der Waals surface area contributed by atoms with E-state index in [2.05, 4.69) is 6.08 Å². The molecule has 28 heavy (non-hydrogen) atoms. The van der Waals surface area contributed by atoms with E-state index >= 15 is 0 Å². The highest BCUT2D eigenvalue weighted by molar-refractivity contribution is 5.92. The van der Waals surface area contributed by atoms with Crippen LogP contribution in [0, 0.1) is 6.92 Å². The number of ether oxygens (including phenoxy) is 2. The average Bonchev–Trinajstić information content (AvgIpc) is 3.00. The third kappa shape index (κ3) is 3.35. The van der Waals surface area contributed by atoms with Crippen molar-refractivity contribution >= 4 is 11.9 Å². The van der Waals surface area contributed by atoms with Crippen LogP contribution >= 0.6 is 0 Å². The highest BCUT2D eigenvalue weighted by Gasteiger charge is 2.55. The van der Waals surface area contributed by atoms with Gasteiger partial charge in [-0.1, -0.05) is 66.2 Å². The summed E-state index contributed by atoms with van der Waals surface area (Å²) in [5, 5.41) is 0. The Kier molecular flexibility index (Phi) is 5.03. The molecule has 0 spiro atoms. The Hall–Kier alpha value is -2.88. The molecule has 1 fully saturated rings. The molecule has 2 aliphatic rings. The van der Waals surface area contributed by atoms with Crippen molar-refractivity contribution in [2.75, 3.05) is 0 Å². The summed E-state index contributed by atoms with van der Waals surface area (Å²) in [6.07, 6.45) is 4.14. The van der Waals surface area contributed by atoms with Gasteiger partial charge in [0, 0.05) is 0 Å². The number of benzene rings is 2. The molecule has 0 bridgehead atoms. The molecular weight excluding hydrogens is 352 g/mol. The molecule has 2 aromatic carbocycles. The Labute approximate surface area is 165 Å². The molecule has 1 saturated heterocycles. The lowest BCUT2D eigenvalue weighted by molar-refractivity contribution is -0.151. The number of hydrogen-bond acceptors (Lipinski definition) is 4. The van der Waals surface area contributed by atoms with Crippen LogP contribution in [0.4, 0.5) is 0 Å². The summed E-state index contributed by atoms with van der Waals surface area (Å²) in [5.41, 5.74) is 3.20. The lowest BCUT2D eigenvalue weighted by atomic mass is 9.67. The predicted molar refractivity (Wildman–Crippen MR) is 106 cm³/mol. The van der Waals surface area contributed by atoms with Gasteiger partial charge in [-0.3, -0.25) is 9.59 Å². The van der Waals surface area contributed by atoms with Crippen molar-refractivity contribution in [2.24, 2.45) is 0 Å². The van der Waals surface area contributed by atoms with Crippen LogP contribution in [-0.4, -0.2) is 18.0 Å². The minimum Gasteiger partial charge on any atom is -0.461 e. The minimum atomic E-state index is -0.754. The van der Waals surface area contributed by atoms with Gasteiger partial charge in [0.05, 0.1) is 6.42 Å². The first-order valence-corrected chi connectivity index (χ1v) is 9.78. The molecule has 1 heterocycles. The predicted octanol–water partition coefficient (Wildman–Crippen LogP) is 4.40. The van der Waals surface area contributed by atoms with Crippen molar-refractivity contribution in [3.63, 3.8) is 0 Å². The Morgan fingerprint density at radius 2 is 1.89 bits per heavy atom. The summed E-state index contributed by atoms with van der Waals surface area (Å²) < 4.78 is 11.1. The number of carbonyl (C=O) groups is 2. The van der Waals surface area contributed by atoms with Crippen LogP contribution in [0.25, 0.3) is 0 Å². The van der Waals surface area contributed by atoms with Gasteiger partial charge in [-0.15, -0.1) is 0 Å². The van der Waals surface area contributed by atoms with Crippen LogP contribution in [0.2, 0.25) is 0 Å². The fourth-order valence-electron chi connectivity index (χ4n) is 4.23. The van der Waals surface area contributed by atoms with Crippen LogP contribution < -0.4 is 0 Å². The van der Waals surface area contributed by atoms with Gasteiger partial charge in [-0.05, 0) is 42.9 Å². The molecule has 0 N–H and O–H groups in total. The number of fused-ring (bicyclic) bond motifs is 1. The molecule has 0 saturated carbocycles. The van der Waals surface area contributed by atoms with E-state index in [0.29, 0.717) is 0 Å². The maximum Gasteiger partial charge on any atom is 0.321 e. The topological polar surface area (TPSA) is 52.6 Å². The number of aryl methyl sites for hydroxylation is 1. The van der Waals surface area contributed by atoms with E-state index in [1.807, 2.05) is 61.5 Å². The molecule has 1 aliphatic heterocycles. The van der Waals surface area contributed by atoms with Crippen molar-refractivity contribution in [3.8, 4) is 0 Å². The minimum absolute atomic E-state index is 0.0536. The first-order valence-electron chi connectivity index (χ1n) is 9.78. The Morgan fingerprint density at radius 3 is 2.64 bits per heavy atom. The third-order valence-electron chi connectivity index (χ3n) is 5.70. The highest BCUT2D eigenvalue weighted by Crippen LogP contribution is 2.49. The zero-order chi connectivity index (χ0) is 19.6. The third-order valence-corrected chi connectivity index (χ3v) is 5.70. The monoisotopic (exact) mass is 376 g/mol. The lowest BCUT2D eigenvalue weighted by Crippen LogP contribution is -2.35. The molecule has 0 radical (unpaired) electrons. The van der Waals surface area contributed by atoms with Crippen LogP contribution in [0.3, 0.4) is 0 Å². The van der Waals surface area contributed by atoms with Crippen molar-refractivity contribution in [3.05, 3.63) is 82.9 Å². The normalized spacial score (nSPS) is 23.5. The summed E-state index contributed by atoms with van der Waals surface area (Å²) in [6.45, 7) is 2.25. The van der Waals surface area contributed by atoms with Crippen molar-refractivity contribution in [1.82, 2.24) is 0 Å². The van der Waals surface area contributed by atoms with E-state index in [1.54, 1.807) is 0 Å². The van der Waals surface area contributed by atoms with Crippen LogP contribution in [0.5, 0.6) is 0 Å². The van der Waals surface area contributed by atoms with E-state index in [4.69, 9.17) is 9.47 Å². The van der Waals surface area contributed by atoms with Gasteiger partial charge in [0.2, 0.25) is 0 Å². The summed E-state index contributed by atoms with van der Waals surface area (Å²) in [7, 11) is 0. The zero-order valence-corrected chi connectivity index (χ0v) is 16.0. The molecule has 1 unspecified atom stereocenters. The van der Waals surface area contributed by atoms with Gasteiger partial charge < -0.3 is 9.47 Å². The number of cyclic esters (lactones) is 1. The van der Waals surface area contributed by atoms with Gasteiger partial charge in [-0.25, -0.2) is 0 Å². The SMILES string of the molecule is Cc1ccc([C@]23CCCC=C2C(CC(=O)OCc2ccccc2)OC3=O)cc1. The Bertz CT molecular complexity index is 898. The number of carbonyl (C=O) groups excluding carboxylic acids is 2. The summed E-state index contributed by atoms with van der Waals surface area (Å²) in [4.78, 5) is 25.4. The second kappa shape index (κ2) is 7.63.